The summed E-state index contributed by atoms with van der Waals surface area (Å²) in [5.74, 6) is 0.127. The van der Waals surface area contributed by atoms with E-state index in [1.54, 1.807) is 0 Å². The third-order valence-corrected chi connectivity index (χ3v) is 6.46. The Morgan fingerprint density at radius 1 is 1.00 bits per heavy atom. The van der Waals surface area contributed by atoms with E-state index in [1.165, 1.54) is 0 Å². The van der Waals surface area contributed by atoms with Crippen LogP contribution in [0.25, 0.3) is 0 Å². The Bertz CT molecular complexity index is 449. The largest absolute Gasteiger partial charge is 0.340 e. The molecular formula is C17H30N2O2. The zero-order valence-corrected chi connectivity index (χ0v) is 14.5. The molecule has 4 heteroatoms. The molecule has 2 aliphatic rings. The van der Waals surface area contributed by atoms with Crippen LogP contribution in [-0.2, 0) is 9.59 Å². The number of amides is 2. The third kappa shape index (κ3) is 1.94. The van der Waals surface area contributed by atoms with E-state index in [2.05, 4.69) is 33.0 Å². The third-order valence-electron chi connectivity index (χ3n) is 6.46. The number of carbonyl (C=O) groups excluding carboxylic acids is 2. The van der Waals surface area contributed by atoms with Gasteiger partial charge in [-0.15, -0.1) is 0 Å². The van der Waals surface area contributed by atoms with Gasteiger partial charge >= 0.3 is 0 Å². The minimum absolute atomic E-state index is 0.0132. The van der Waals surface area contributed by atoms with Crippen LogP contribution in [0.4, 0.5) is 0 Å². The summed E-state index contributed by atoms with van der Waals surface area (Å²) in [6, 6.07) is -0.180. The van der Waals surface area contributed by atoms with Crippen molar-refractivity contribution in [2.24, 2.45) is 10.8 Å². The number of nitrogens with zero attached hydrogens (tertiary/aromatic N) is 1. The van der Waals surface area contributed by atoms with Crippen LogP contribution in [0.5, 0.6) is 0 Å². The van der Waals surface area contributed by atoms with Crippen LogP contribution in [-0.4, -0.2) is 34.3 Å². The van der Waals surface area contributed by atoms with Crippen LogP contribution in [0.15, 0.2) is 0 Å². The van der Waals surface area contributed by atoms with Crippen LogP contribution in [0.1, 0.15) is 67.7 Å². The molecule has 1 aliphatic heterocycles. The SMILES string of the molecule is CCC1C(=O)NC(CC)(CC)C(=O)N1C1C(C)(C)C1(C)C. The molecule has 1 aliphatic carbocycles. The van der Waals surface area contributed by atoms with Gasteiger partial charge in [0, 0.05) is 6.04 Å². The molecule has 2 amide bonds. The van der Waals surface area contributed by atoms with Crippen LogP contribution in [0.2, 0.25) is 0 Å². The highest BCUT2D eigenvalue weighted by Gasteiger charge is 2.71. The topological polar surface area (TPSA) is 49.4 Å². The van der Waals surface area contributed by atoms with E-state index in [0.717, 1.165) is 0 Å². The molecule has 2 fully saturated rings. The van der Waals surface area contributed by atoms with Gasteiger partial charge in [0.25, 0.3) is 0 Å². The molecule has 0 aromatic carbocycles. The van der Waals surface area contributed by atoms with E-state index < -0.39 is 5.54 Å². The zero-order valence-electron chi connectivity index (χ0n) is 14.5. The van der Waals surface area contributed by atoms with Gasteiger partial charge in [0.1, 0.15) is 11.6 Å². The van der Waals surface area contributed by atoms with Crippen LogP contribution >= 0.6 is 0 Å². The Labute approximate surface area is 128 Å². The highest BCUT2D eigenvalue weighted by molar-refractivity contribution is 6.00. The van der Waals surface area contributed by atoms with Crippen molar-refractivity contribution in [3.8, 4) is 0 Å². The van der Waals surface area contributed by atoms with Gasteiger partial charge in [0.05, 0.1) is 0 Å². The van der Waals surface area contributed by atoms with E-state index in [1.807, 2.05) is 25.7 Å². The molecule has 0 aromatic heterocycles. The van der Waals surface area contributed by atoms with Crippen molar-refractivity contribution in [3.63, 3.8) is 0 Å². The average Bonchev–Trinajstić information content (AvgIpc) is 2.82. The van der Waals surface area contributed by atoms with Crippen molar-refractivity contribution in [1.29, 1.82) is 0 Å². The van der Waals surface area contributed by atoms with Gasteiger partial charge in [-0.05, 0) is 30.1 Å². The van der Waals surface area contributed by atoms with E-state index in [4.69, 9.17) is 0 Å². The van der Waals surface area contributed by atoms with E-state index in [-0.39, 0.29) is 34.7 Å². The summed E-state index contributed by atoms with van der Waals surface area (Å²) in [6.07, 6.45) is 1.97. The molecule has 1 saturated heterocycles. The number of rotatable bonds is 4. The first-order valence-corrected chi connectivity index (χ1v) is 8.25. The van der Waals surface area contributed by atoms with Crippen molar-refractivity contribution < 1.29 is 9.59 Å². The molecule has 0 radical (unpaired) electrons. The second-order valence-electron chi connectivity index (χ2n) is 7.76. The second-order valence-corrected chi connectivity index (χ2v) is 7.76. The first kappa shape index (κ1) is 16.3. The summed E-state index contributed by atoms with van der Waals surface area (Å²) in [5.41, 5.74) is -0.598. The van der Waals surface area contributed by atoms with E-state index in [9.17, 15) is 9.59 Å². The molecular weight excluding hydrogens is 264 g/mol. The summed E-state index contributed by atoms with van der Waals surface area (Å²) < 4.78 is 0. The van der Waals surface area contributed by atoms with Gasteiger partial charge in [-0.2, -0.15) is 0 Å². The Balaban J connectivity index is 2.45. The van der Waals surface area contributed by atoms with Gasteiger partial charge < -0.3 is 10.2 Å². The summed E-state index contributed by atoms with van der Waals surface area (Å²) in [4.78, 5) is 27.7. The first-order chi connectivity index (χ1) is 9.60. The van der Waals surface area contributed by atoms with Crippen molar-refractivity contribution in [1.82, 2.24) is 10.2 Å². The lowest BCUT2D eigenvalue weighted by molar-refractivity contribution is -0.157. The molecule has 2 rings (SSSR count). The highest BCUT2D eigenvalue weighted by atomic mass is 16.2. The van der Waals surface area contributed by atoms with Crippen LogP contribution in [0.3, 0.4) is 0 Å². The van der Waals surface area contributed by atoms with Gasteiger partial charge in [-0.25, -0.2) is 0 Å². The fourth-order valence-electron chi connectivity index (χ4n) is 4.15. The quantitative estimate of drug-likeness (QED) is 0.866. The summed E-state index contributed by atoms with van der Waals surface area (Å²) >= 11 is 0. The number of hydrogen-bond acceptors (Lipinski definition) is 2. The highest BCUT2D eigenvalue weighted by Crippen LogP contribution is 2.66. The average molecular weight is 294 g/mol. The van der Waals surface area contributed by atoms with Gasteiger partial charge in [-0.1, -0.05) is 48.5 Å². The summed E-state index contributed by atoms with van der Waals surface area (Å²) in [5, 5.41) is 3.02. The van der Waals surface area contributed by atoms with Crippen molar-refractivity contribution in [2.75, 3.05) is 0 Å². The Morgan fingerprint density at radius 2 is 1.48 bits per heavy atom. The monoisotopic (exact) mass is 294 g/mol. The number of carbonyl (C=O) groups is 2. The molecule has 1 N–H and O–H groups in total. The zero-order chi connectivity index (χ0) is 16.2. The summed E-state index contributed by atoms with van der Waals surface area (Å²) in [7, 11) is 0. The molecule has 0 spiro atoms. The second kappa shape index (κ2) is 4.72. The van der Waals surface area contributed by atoms with Crippen molar-refractivity contribution in [3.05, 3.63) is 0 Å². The number of piperazine rings is 1. The molecule has 1 saturated carbocycles. The van der Waals surface area contributed by atoms with Crippen LogP contribution < -0.4 is 5.32 Å². The van der Waals surface area contributed by atoms with Crippen LogP contribution in [0, 0.1) is 10.8 Å². The maximum absolute atomic E-state index is 13.2. The standard InChI is InChI=1S/C17H30N2O2/c1-8-11-12(20)18-17(9-2,10-3)14(21)19(11)13-15(4,5)16(13,6)7/h11,13H,8-10H2,1-7H3,(H,18,20). The maximum atomic E-state index is 13.2. The smallest absolute Gasteiger partial charge is 0.249 e. The van der Waals surface area contributed by atoms with Gasteiger partial charge in [0.2, 0.25) is 11.8 Å². The van der Waals surface area contributed by atoms with E-state index >= 15 is 0 Å². The molecule has 21 heavy (non-hydrogen) atoms. The summed E-state index contributed by atoms with van der Waals surface area (Å²) in [6.45, 7) is 14.7. The number of nitrogens with one attached hydrogen (secondary N) is 1. The fraction of sp³-hybridized carbons (Fsp3) is 0.882. The number of hydrogen-bond donors (Lipinski definition) is 1. The molecule has 120 valence electrons. The Hall–Kier alpha value is -1.06. The Morgan fingerprint density at radius 3 is 1.81 bits per heavy atom. The van der Waals surface area contributed by atoms with E-state index in [0.29, 0.717) is 19.3 Å². The lowest BCUT2D eigenvalue weighted by Crippen LogP contribution is -2.70. The molecule has 0 bridgehead atoms. The molecule has 4 nitrogen and oxygen atoms in total. The Kier molecular flexibility index (Phi) is 3.67. The predicted octanol–water partition coefficient (Wildman–Crippen LogP) is 2.72. The van der Waals surface area contributed by atoms with Gasteiger partial charge in [-0.3, -0.25) is 9.59 Å². The lowest BCUT2D eigenvalue weighted by atomic mass is 9.86. The lowest BCUT2D eigenvalue weighted by Gasteiger charge is -2.46. The minimum Gasteiger partial charge on any atom is -0.340 e. The first-order valence-electron chi connectivity index (χ1n) is 8.25. The molecule has 1 unspecified atom stereocenters. The molecule has 1 atom stereocenters. The molecule has 1 heterocycles. The van der Waals surface area contributed by atoms with Crippen molar-refractivity contribution >= 4 is 11.8 Å². The van der Waals surface area contributed by atoms with Crippen molar-refractivity contribution in [2.45, 2.75) is 85.4 Å². The van der Waals surface area contributed by atoms with Gasteiger partial charge in [0.15, 0.2) is 0 Å². The predicted molar refractivity (Wildman–Crippen MR) is 83.7 cm³/mol. The minimum atomic E-state index is -0.711. The normalized spacial score (nSPS) is 30.2. The molecule has 0 aromatic rings. The maximum Gasteiger partial charge on any atom is 0.249 e. The fourth-order valence-corrected chi connectivity index (χ4v) is 4.15.